The Morgan fingerprint density at radius 1 is 1.05 bits per heavy atom. The lowest BCUT2D eigenvalue weighted by Gasteiger charge is -2.40. The summed E-state index contributed by atoms with van der Waals surface area (Å²) in [7, 11) is 0. The number of rotatable bonds is 8. The van der Waals surface area contributed by atoms with Crippen molar-refractivity contribution in [3.05, 3.63) is 0 Å². The highest BCUT2D eigenvalue weighted by Gasteiger charge is 2.42. The lowest BCUT2D eigenvalue weighted by molar-refractivity contribution is -0.230. The number of aliphatic hydroxyl groups is 5. The van der Waals surface area contributed by atoms with E-state index in [1.165, 1.54) is 6.92 Å². The highest BCUT2D eigenvalue weighted by atomic mass is 16.5. The second-order valence-corrected chi connectivity index (χ2v) is 5.61. The average Bonchev–Trinajstić information content (AvgIpc) is 2.46. The monoisotopic (exact) mass is 306 g/mol. The smallest absolute Gasteiger partial charge is 0.160 e. The molecule has 1 heterocycles. The zero-order valence-corrected chi connectivity index (χ0v) is 12.3. The zero-order valence-electron chi connectivity index (χ0n) is 12.3. The van der Waals surface area contributed by atoms with Gasteiger partial charge < -0.3 is 30.3 Å². The number of hydrogen-bond donors (Lipinski definition) is 5. The standard InChI is InChI=1S/C14H26O7/c1-8(16)9(17)5-3-2-4-6-10-12(18)14(20)13(19)11(7-15)21-10/h8,10-16,18-20H,2-7H2,1H3. The number of ketones is 1. The first kappa shape index (κ1) is 18.5. The topological polar surface area (TPSA) is 127 Å². The van der Waals surface area contributed by atoms with E-state index in [0.717, 1.165) is 6.42 Å². The largest absolute Gasteiger partial charge is 0.394 e. The van der Waals surface area contributed by atoms with Gasteiger partial charge in [-0.15, -0.1) is 0 Å². The van der Waals surface area contributed by atoms with E-state index in [2.05, 4.69) is 0 Å². The van der Waals surface area contributed by atoms with Gasteiger partial charge in [0.25, 0.3) is 0 Å². The molecular formula is C14H26O7. The van der Waals surface area contributed by atoms with Gasteiger partial charge in [-0.1, -0.05) is 12.8 Å². The summed E-state index contributed by atoms with van der Waals surface area (Å²) >= 11 is 0. The summed E-state index contributed by atoms with van der Waals surface area (Å²) in [6, 6.07) is 0. The van der Waals surface area contributed by atoms with Gasteiger partial charge in [0.1, 0.15) is 30.5 Å². The van der Waals surface area contributed by atoms with Crippen molar-refractivity contribution in [2.45, 2.75) is 75.7 Å². The summed E-state index contributed by atoms with van der Waals surface area (Å²) in [5.74, 6) is -0.192. The quantitative estimate of drug-likeness (QED) is 0.354. The Morgan fingerprint density at radius 3 is 2.24 bits per heavy atom. The second-order valence-electron chi connectivity index (χ2n) is 5.61. The molecule has 1 aliphatic heterocycles. The van der Waals surface area contributed by atoms with Gasteiger partial charge in [-0.25, -0.2) is 0 Å². The third kappa shape index (κ3) is 5.28. The molecule has 6 atom stereocenters. The fourth-order valence-electron chi connectivity index (χ4n) is 2.45. The summed E-state index contributed by atoms with van der Waals surface area (Å²) in [6.45, 7) is 1.01. The van der Waals surface area contributed by atoms with Crippen LogP contribution in [0.25, 0.3) is 0 Å². The van der Waals surface area contributed by atoms with Crippen molar-refractivity contribution < 1.29 is 35.1 Å². The Morgan fingerprint density at radius 2 is 1.67 bits per heavy atom. The maximum atomic E-state index is 11.2. The molecule has 0 aromatic rings. The Bertz CT molecular complexity index is 318. The molecule has 21 heavy (non-hydrogen) atoms. The molecular weight excluding hydrogens is 280 g/mol. The van der Waals surface area contributed by atoms with Gasteiger partial charge in [0.05, 0.1) is 12.7 Å². The Hall–Kier alpha value is -0.570. The molecule has 1 rings (SSSR count). The molecule has 7 heteroatoms. The molecule has 0 bridgehead atoms. The summed E-state index contributed by atoms with van der Waals surface area (Å²) in [6.07, 6.45) is -3.49. The van der Waals surface area contributed by atoms with E-state index in [4.69, 9.17) is 14.9 Å². The average molecular weight is 306 g/mol. The first-order chi connectivity index (χ1) is 9.88. The first-order valence-corrected chi connectivity index (χ1v) is 7.39. The molecule has 7 nitrogen and oxygen atoms in total. The van der Waals surface area contributed by atoms with Crippen molar-refractivity contribution >= 4 is 5.78 Å². The van der Waals surface area contributed by atoms with E-state index in [1.54, 1.807) is 0 Å². The van der Waals surface area contributed by atoms with Crippen LogP contribution in [0.3, 0.4) is 0 Å². The van der Waals surface area contributed by atoms with Crippen molar-refractivity contribution in [3.63, 3.8) is 0 Å². The number of Topliss-reactive ketones (excluding diaryl/α,β-unsaturated/α-hetero) is 1. The maximum Gasteiger partial charge on any atom is 0.160 e. The van der Waals surface area contributed by atoms with Gasteiger partial charge in [0.15, 0.2) is 5.78 Å². The minimum atomic E-state index is -1.34. The predicted octanol–water partition coefficient (Wildman–Crippen LogP) is -1.27. The van der Waals surface area contributed by atoms with E-state index in [0.29, 0.717) is 25.7 Å². The van der Waals surface area contributed by atoms with Gasteiger partial charge in [0, 0.05) is 6.42 Å². The van der Waals surface area contributed by atoms with Crippen LogP contribution in [-0.4, -0.2) is 74.5 Å². The molecule has 0 aromatic heterocycles. The van der Waals surface area contributed by atoms with Crippen LogP contribution in [0.15, 0.2) is 0 Å². The van der Waals surface area contributed by atoms with E-state index >= 15 is 0 Å². The molecule has 5 N–H and O–H groups in total. The Labute approximate surface area is 124 Å². The van der Waals surface area contributed by atoms with Gasteiger partial charge >= 0.3 is 0 Å². The minimum absolute atomic E-state index is 0.192. The third-order valence-corrected chi connectivity index (χ3v) is 3.87. The number of ether oxygens (including phenoxy) is 1. The Balaban J connectivity index is 2.29. The van der Waals surface area contributed by atoms with Crippen LogP contribution in [-0.2, 0) is 9.53 Å². The molecule has 0 aliphatic carbocycles. The molecule has 0 saturated carbocycles. The van der Waals surface area contributed by atoms with Crippen LogP contribution in [0, 0.1) is 0 Å². The highest BCUT2D eigenvalue weighted by molar-refractivity contribution is 5.82. The van der Waals surface area contributed by atoms with Crippen LogP contribution in [0.4, 0.5) is 0 Å². The van der Waals surface area contributed by atoms with Gasteiger partial charge in [0.2, 0.25) is 0 Å². The first-order valence-electron chi connectivity index (χ1n) is 7.39. The van der Waals surface area contributed by atoms with Gasteiger partial charge in [-0.3, -0.25) is 4.79 Å². The van der Waals surface area contributed by atoms with Gasteiger partial charge in [-0.2, -0.15) is 0 Å². The lowest BCUT2D eigenvalue weighted by Crippen LogP contribution is -2.58. The molecule has 1 saturated heterocycles. The Kier molecular flexibility index (Phi) is 7.72. The normalized spacial score (nSPS) is 34.7. The van der Waals surface area contributed by atoms with Crippen LogP contribution in [0.5, 0.6) is 0 Å². The van der Waals surface area contributed by atoms with Crippen LogP contribution < -0.4 is 0 Å². The minimum Gasteiger partial charge on any atom is -0.394 e. The van der Waals surface area contributed by atoms with Crippen molar-refractivity contribution in [2.24, 2.45) is 0 Å². The van der Waals surface area contributed by atoms with Crippen LogP contribution in [0.2, 0.25) is 0 Å². The number of carbonyl (C=O) groups excluding carboxylic acids is 1. The van der Waals surface area contributed by atoms with Crippen molar-refractivity contribution in [3.8, 4) is 0 Å². The van der Waals surface area contributed by atoms with Crippen molar-refractivity contribution in [2.75, 3.05) is 6.61 Å². The molecule has 1 fully saturated rings. The molecule has 0 amide bonds. The lowest BCUT2D eigenvalue weighted by atomic mass is 9.92. The fraction of sp³-hybridized carbons (Fsp3) is 0.929. The van der Waals surface area contributed by atoms with Crippen molar-refractivity contribution in [1.29, 1.82) is 0 Å². The number of carbonyl (C=O) groups is 1. The number of unbranched alkanes of at least 4 members (excludes halogenated alkanes) is 2. The highest BCUT2D eigenvalue weighted by Crippen LogP contribution is 2.24. The van der Waals surface area contributed by atoms with E-state index in [-0.39, 0.29) is 5.78 Å². The number of aliphatic hydroxyl groups excluding tert-OH is 5. The second kappa shape index (κ2) is 8.77. The summed E-state index contributed by atoms with van der Waals surface area (Å²) in [4.78, 5) is 11.2. The fourth-order valence-corrected chi connectivity index (χ4v) is 2.45. The van der Waals surface area contributed by atoms with E-state index in [9.17, 15) is 20.1 Å². The molecule has 1 aliphatic rings. The summed E-state index contributed by atoms with van der Waals surface area (Å²) in [5, 5.41) is 47.2. The summed E-state index contributed by atoms with van der Waals surface area (Å²) in [5.41, 5.74) is 0. The molecule has 0 radical (unpaired) electrons. The van der Waals surface area contributed by atoms with E-state index in [1.807, 2.05) is 0 Å². The molecule has 124 valence electrons. The third-order valence-electron chi connectivity index (χ3n) is 3.87. The SMILES string of the molecule is CC(O)C(=O)CCCCCC1OC(CO)C(O)C(O)C1O. The van der Waals surface area contributed by atoms with Gasteiger partial charge in [-0.05, 0) is 19.8 Å². The molecule has 0 aromatic carbocycles. The van der Waals surface area contributed by atoms with Crippen LogP contribution in [0.1, 0.15) is 39.0 Å². The maximum absolute atomic E-state index is 11.2. The van der Waals surface area contributed by atoms with E-state index < -0.39 is 43.2 Å². The predicted molar refractivity (Wildman–Crippen MR) is 73.5 cm³/mol. The summed E-state index contributed by atoms with van der Waals surface area (Å²) < 4.78 is 5.38. The van der Waals surface area contributed by atoms with Crippen molar-refractivity contribution in [1.82, 2.24) is 0 Å². The number of hydrogen-bond acceptors (Lipinski definition) is 7. The zero-order chi connectivity index (χ0) is 16.0. The molecule has 6 unspecified atom stereocenters. The molecule has 0 spiro atoms. The van der Waals surface area contributed by atoms with Crippen LogP contribution >= 0.6 is 0 Å².